The number of hydrogen-bond acceptors (Lipinski definition) is 1. The summed E-state index contributed by atoms with van der Waals surface area (Å²) in [4.78, 5) is 12.8. The molecule has 0 saturated heterocycles. The molecule has 0 heterocycles. The van der Waals surface area contributed by atoms with Crippen molar-refractivity contribution in [3.8, 4) is 0 Å². The molecule has 1 amide bonds. The van der Waals surface area contributed by atoms with Gasteiger partial charge in [-0.3, -0.25) is 4.79 Å². The fraction of sp³-hybridized carbons (Fsp3) is 0.588. The van der Waals surface area contributed by atoms with Gasteiger partial charge in [-0.1, -0.05) is 11.6 Å². The number of benzene rings is 1. The molecule has 4 bridgehead atoms. The zero-order valence-corrected chi connectivity index (χ0v) is 14.2. The average molecular weight is 369 g/mol. The second kappa shape index (κ2) is 5.27. The van der Waals surface area contributed by atoms with Crippen LogP contribution in [0.4, 0.5) is 5.69 Å². The van der Waals surface area contributed by atoms with Crippen molar-refractivity contribution in [3.05, 3.63) is 27.7 Å². The van der Waals surface area contributed by atoms with Gasteiger partial charge >= 0.3 is 0 Å². The lowest BCUT2D eigenvalue weighted by Crippen LogP contribution is -2.49. The number of nitrogens with one attached hydrogen (secondary N) is 1. The lowest BCUT2D eigenvalue weighted by Gasteiger charge is -2.53. The van der Waals surface area contributed by atoms with E-state index in [1.807, 2.05) is 18.2 Å². The van der Waals surface area contributed by atoms with E-state index >= 15 is 0 Å². The first-order valence-corrected chi connectivity index (χ1v) is 9.03. The summed E-state index contributed by atoms with van der Waals surface area (Å²) >= 11 is 9.44. The monoisotopic (exact) mass is 367 g/mol. The number of hydrogen-bond donors (Lipinski definition) is 1. The van der Waals surface area contributed by atoms with Crippen molar-refractivity contribution < 1.29 is 4.79 Å². The van der Waals surface area contributed by atoms with Crippen molar-refractivity contribution >= 4 is 39.1 Å². The first-order chi connectivity index (χ1) is 10.1. The molecule has 0 unspecified atom stereocenters. The molecular formula is C17H19BrClNO. The molecule has 112 valence electrons. The highest BCUT2D eigenvalue weighted by atomic mass is 79.9. The first-order valence-electron chi connectivity index (χ1n) is 7.86. The van der Waals surface area contributed by atoms with Crippen LogP contribution in [0.1, 0.15) is 32.1 Å². The van der Waals surface area contributed by atoms with E-state index in [4.69, 9.17) is 11.6 Å². The molecular weight excluding hydrogens is 350 g/mol. The van der Waals surface area contributed by atoms with Crippen LogP contribution in [-0.4, -0.2) is 5.91 Å². The Bertz CT molecular complexity index is 560. The minimum Gasteiger partial charge on any atom is -0.325 e. The van der Waals surface area contributed by atoms with Gasteiger partial charge in [-0.05, 0) is 89.9 Å². The van der Waals surface area contributed by atoms with Gasteiger partial charge in [0.1, 0.15) is 0 Å². The van der Waals surface area contributed by atoms with Crippen molar-refractivity contribution in [3.63, 3.8) is 0 Å². The first kappa shape index (κ1) is 14.1. The Morgan fingerprint density at radius 3 is 2.29 bits per heavy atom. The summed E-state index contributed by atoms with van der Waals surface area (Å²) in [6, 6.07) is 5.52. The van der Waals surface area contributed by atoms with Gasteiger partial charge < -0.3 is 5.32 Å². The maximum atomic E-state index is 12.8. The van der Waals surface area contributed by atoms with Gasteiger partial charge in [0, 0.05) is 15.4 Å². The van der Waals surface area contributed by atoms with E-state index in [0.29, 0.717) is 16.9 Å². The molecule has 0 radical (unpaired) electrons. The highest BCUT2D eigenvalue weighted by molar-refractivity contribution is 9.10. The van der Waals surface area contributed by atoms with E-state index in [2.05, 4.69) is 21.2 Å². The fourth-order valence-electron chi connectivity index (χ4n) is 5.16. The van der Waals surface area contributed by atoms with Gasteiger partial charge in [0.05, 0.1) is 5.69 Å². The second-order valence-electron chi connectivity index (χ2n) is 7.07. The van der Waals surface area contributed by atoms with E-state index in [1.54, 1.807) is 0 Å². The van der Waals surface area contributed by atoms with E-state index in [9.17, 15) is 4.79 Å². The molecule has 1 aromatic rings. The number of carbonyl (C=O) groups excluding carboxylic acids is 1. The largest absolute Gasteiger partial charge is 0.325 e. The van der Waals surface area contributed by atoms with Gasteiger partial charge in [-0.2, -0.15) is 0 Å². The summed E-state index contributed by atoms with van der Waals surface area (Å²) in [5, 5.41) is 3.80. The number of rotatable bonds is 2. The van der Waals surface area contributed by atoms with Gasteiger partial charge in [-0.25, -0.2) is 0 Å². The number of amides is 1. The molecule has 4 heteroatoms. The van der Waals surface area contributed by atoms with Crippen molar-refractivity contribution in [2.75, 3.05) is 5.32 Å². The summed E-state index contributed by atoms with van der Waals surface area (Å²) in [5.74, 6) is 3.48. The molecule has 21 heavy (non-hydrogen) atoms. The van der Waals surface area contributed by atoms with Crippen molar-refractivity contribution in [2.45, 2.75) is 32.1 Å². The third-order valence-corrected chi connectivity index (χ3v) is 6.61. The van der Waals surface area contributed by atoms with Crippen LogP contribution in [-0.2, 0) is 4.79 Å². The molecule has 0 atom stereocenters. The SMILES string of the molecule is O=C(Nc1ccc(Cl)cc1Br)C1C2CC3CC(C2)CC1C3. The fourth-order valence-corrected chi connectivity index (χ4v) is 5.94. The van der Waals surface area contributed by atoms with Crippen LogP contribution < -0.4 is 5.32 Å². The third-order valence-electron chi connectivity index (χ3n) is 5.72. The van der Waals surface area contributed by atoms with E-state index in [-0.39, 0.29) is 11.8 Å². The normalized spacial score (nSPS) is 36.8. The lowest BCUT2D eigenvalue weighted by molar-refractivity contribution is -0.132. The summed E-state index contributed by atoms with van der Waals surface area (Å²) < 4.78 is 0.854. The average Bonchev–Trinajstić information content (AvgIpc) is 2.40. The molecule has 2 nitrogen and oxygen atoms in total. The minimum absolute atomic E-state index is 0.215. The molecule has 1 aromatic carbocycles. The Morgan fingerprint density at radius 1 is 1.10 bits per heavy atom. The van der Waals surface area contributed by atoms with Crippen LogP contribution in [0.15, 0.2) is 22.7 Å². The zero-order valence-electron chi connectivity index (χ0n) is 11.8. The number of anilines is 1. The van der Waals surface area contributed by atoms with Crippen molar-refractivity contribution in [1.82, 2.24) is 0 Å². The van der Waals surface area contributed by atoms with Crippen LogP contribution in [0.3, 0.4) is 0 Å². The number of halogens is 2. The number of carbonyl (C=O) groups is 1. The van der Waals surface area contributed by atoms with E-state index in [1.165, 1.54) is 32.1 Å². The van der Waals surface area contributed by atoms with Crippen molar-refractivity contribution in [1.29, 1.82) is 0 Å². The van der Waals surface area contributed by atoms with E-state index in [0.717, 1.165) is 22.0 Å². The van der Waals surface area contributed by atoms with Gasteiger partial charge in [0.25, 0.3) is 0 Å². The van der Waals surface area contributed by atoms with Gasteiger partial charge in [-0.15, -0.1) is 0 Å². The maximum Gasteiger partial charge on any atom is 0.228 e. The zero-order chi connectivity index (χ0) is 14.6. The molecule has 0 aromatic heterocycles. The molecule has 5 rings (SSSR count). The molecule has 0 spiro atoms. The maximum absolute atomic E-state index is 12.8. The van der Waals surface area contributed by atoms with Gasteiger partial charge in [0.15, 0.2) is 0 Å². The topological polar surface area (TPSA) is 29.1 Å². The Morgan fingerprint density at radius 2 is 1.71 bits per heavy atom. The standard InChI is InChI=1S/C17H19BrClNO/c18-14-8-13(19)1-2-15(14)20-17(21)16-11-4-9-3-10(6-11)7-12(16)5-9/h1-2,8-12,16H,3-7H2,(H,20,21). The highest BCUT2D eigenvalue weighted by Gasteiger charge is 2.50. The Balaban J connectivity index is 1.52. The second-order valence-corrected chi connectivity index (χ2v) is 8.36. The predicted octanol–water partition coefficient (Wildman–Crippen LogP) is 5.11. The van der Waals surface area contributed by atoms with E-state index < -0.39 is 0 Å². The molecule has 4 aliphatic rings. The summed E-state index contributed by atoms with van der Waals surface area (Å²) in [6.45, 7) is 0. The van der Waals surface area contributed by atoms with Crippen molar-refractivity contribution in [2.24, 2.45) is 29.6 Å². The lowest BCUT2D eigenvalue weighted by atomic mass is 9.51. The molecule has 1 N–H and O–H groups in total. The Kier molecular flexibility index (Phi) is 3.54. The van der Waals surface area contributed by atoms with Gasteiger partial charge in [0.2, 0.25) is 5.91 Å². The summed E-state index contributed by atoms with van der Waals surface area (Å²) in [7, 11) is 0. The molecule has 4 saturated carbocycles. The smallest absolute Gasteiger partial charge is 0.228 e. The van der Waals surface area contributed by atoms with Crippen LogP contribution in [0.2, 0.25) is 5.02 Å². The van der Waals surface area contributed by atoms with Crippen LogP contribution in [0.5, 0.6) is 0 Å². The molecule has 0 aliphatic heterocycles. The van der Waals surface area contributed by atoms with Crippen LogP contribution >= 0.6 is 27.5 Å². The third kappa shape index (κ3) is 2.53. The van der Waals surface area contributed by atoms with Crippen LogP contribution in [0.25, 0.3) is 0 Å². The minimum atomic E-state index is 0.215. The summed E-state index contributed by atoms with van der Waals surface area (Å²) in [6.07, 6.45) is 6.50. The highest BCUT2D eigenvalue weighted by Crippen LogP contribution is 2.56. The van der Waals surface area contributed by atoms with Crippen LogP contribution in [0, 0.1) is 29.6 Å². The quantitative estimate of drug-likeness (QED) is 0.772. The molecule has 4 aliphatic carbocycles. The Hall–Kier alpha value is -0.540. The Labute approximate surface area is 138 Å². The molecule has 4 fully saturated rings. The summed E-state index contributed by atoms with van der Waals surface area (Å²) in [5.41, 5.74) is 0.832. The predicted molar refractivity (Wildman–Crippen MR) is 88.3 cm³/mol.